The second kappa shape index (κ2) is 6.93. The Balaban J connectivity index is 2.12. The molecule has 0 aromatic heterocycles. The molecule has 0 heterocycles. The zero-order valence-electron chi connectivity index (χ0n) is 14.2. The largest absolute Gasteiger partial charge is 0.326 e. The van der Waals surface area contributed by atoms with E-state index in [2.05, 4.69) is 56.9 Å². The molecule has 2 nitrogen and oxygen atoms in total. The van der Waals surface area contributed by atoms with Crippen LogP contribution in [0.15, 0.2) is 24.3 Å². The zero-order valence-corrected chi connectivity index (χ0v) is 14.2. The lowest BCUT2D eigenvalue weighted by atomic mass is 9.70. The Bertz CT molecular complexity index is 447. The lowest BCUT2D eigenvalue weighted by Crippen LogP contribution is -2.60. The molecule has 1 aromatic rings. The molecule has 2 rings (SSSR count). The minimum atomic E-state index is 0.161. The second-order valence-electron chi connectivity index (χ2n) is 6.43. The maximum atomic E-state index is 6.75. The quantitative estimate of drug-likeness (QED) is 0.785. The molecule has 21 heavy (non-hydrogen) atoms. The van der Waals surface area contributed by atoms with Crippen molar-refractivity contribution < 1.29 is 0 Å². The summed E-state index contributed by atoms with van der Waals surface area (Å²) in [6.07, 6.45) is 4.61. The Hall–Kier alpha value is -0.860. The summed E-state index contributed by atoms with van der Waals surface area (Å²) in [5, 5.41) is 0. The molecular formula is C19H32N2. The molecule has 1 aliphatic rings. The van der Waals surface area contributed by atoms with Crippen LogP contribution in [0.5, 0.6) is 0 Å². The topological polar surface area (TPSA) is 29.3 Å². The van der Waals surface area contributed by atoms with E-state index in [0.717, 1.165) is 32.4 Å². The van der Waals surface area contributed by atoms with E-state index in [0.29, 0.717) is 5.92 Å². The van der Waals surface area contributed by atoms with Crippen molar-refractivity contribution in [2.24, 2.45) is 5.73 Å². The number of likely N-dealkylation sites (N-methyl/N-ethyl adjacent to an activating group) is 1. The molecule has 1 aliphatic carbocycles. The van der Waals surface area contributed by atoms with Crippen molar-refractivity contribution in [1.29, 1.82) is 0 Å². The Kier molecular flexibility index (Phi) is 5.45. The number of nitrogens with zero attached hydrogens (tertiary/aromatic N) is 1. The van der Waals surface area contributed by atoms with Crippen LogP contribution in [0.1, 0.15) is 64.0 Å². The third-order valence-corrected chi connectivity index (χ3v) is 5.81. The predicted molar refractivity (Wildman–Crippen MR) is 91.7 cm³/mol. The number of nitrogens with two attached hydrogens (primary N) is 1. The van der Waals surface area contributed by atoms with Crippen molar-refractivity contribution in [2.75, 3.05) is 13.1 Å². The van der Waals surface area contributed by atoms with Crippen LogP contribution in [-0.4, -0.2) is 29.6 Å². The molecule has 2 unspecified atom stereocenters. The Labute approximate surface area is 130 Å². The van der Waals surface area contributed by atoms with Crippen molar-refractivity contribution in [3.63, 3.8) is 0 Å². The second-order valence-corrected chi connectivity index (χ2v) is 6.43. The highest BCUT2D eigenvalue weighted by Gasteiger charge is 2.40. The number of hydrogen-bond donors (Lipinski definition) is 1. The van der Waals surface area contributed by atoms with Gasteiger partial charge in [0.2, 0.25) is 0 Å². The fraction of sp³-hybridized carbons (Fsp3) is 0.684. The van der Waals surface area contributed by atoms with Crippen LogP contribution in [0.25, 0.3) is 0 Å². The van der Waals surface area contributed by atoms with Crippen molar-refractivity contribution >= 4 is 0 Å². The van der Waals surface area contributed by atoms with Crippen molar-refractivity contribution in [3.8, 4) is 0 Å². The van der Waals surface area contributed by atoms with Gasteiger partial charge in [0.05, 0.1) is 0 Å². The normalized spacial score (nSPS) is 19.2. The Morgan fingerprint density at radius 1 is 1.14 bits per heavy atom. The lowest BCUT2D eigenvalue weighted by molar-refractivity contribution is 0.0567. The van der Waals surface area contributed by atoms with Crippen LogP contribution >= 0.6 is 0 Å². The highest BCUT2D eigenvalue weighted by Crippen LogP contribution is 2.40. The van der Waals surface area contributed by atoms with Crippen LogP contribution < -0.4 is 5.73 Å². The van der Waals surface area contributed by atoms with E-state index in [1.807, 2.05) is 0 Å². The minimum absolute atomic E-state index is 0.161. The molecule has 0 spiro atoms. The lowest BCUT2D eigenvalue weighted by Gasteiger charge is -2.48. The molecule has 1 aromatic carbocycles. The zero-order chi connectivity index (χ0) is 15.5. The van der Waals surface area contributed by atoms with Gasteiger partial charge in [0.1, 0.15) is 0 Å². The van der Waals surface area contributed by atoms with Crippen LogP contribution in [0, 0.1) is 0 Å². The molecule has 2 atom stereocenters. The highest BCUT2D eigenvalue weighted by molar-refractivity contribution is 5.40. The predicted octanol–water partition coefficient (Wildman–Crippen LogP) is 3.94. The molecule has 0 aliphatic heterocycles. The number of fused-ring (bicyclic) bond motifs is 1. The number of benzene rings is 1. The highest BCUT2D eigenvalue weighted by atomic mass is 15.2. The van der Waals surface area contributed by atoms with Gasteiger partial charge in [0.15, 0.2) is 0 Å². The van der Waals surface area contributed by atoms with E-state index in [4.69, 9.17) is 5.73 Å². The fourth-order valence-corrected chi connectivity index (χ4v) is 4.41. The monoisotopic (exact) mass is 288 g/mol. The first-order valence-electron chi connectivity index (χ1n) is 8.71. The number of rotatable bonds is 8. The SMILES string of the molecule is CCN(CC)C(CC)(CC)C(N)CC1Cc2ccccc21. The van der Waals surface area contributed by atoms with E-state index >= 15 is 0 Å². The van der Waals surface area contributed by atoms with Gasteiger partial charge in [-0.15, -0.1) is 0 Å². The van der Waals surface area contributed by atoms with E-state index in [1.165, 1.54) is 17.5 Å². The molecule has 0 fully saturated rings. The van der Waals surface area contributed by atoms with E-state index < -0.39 is 0 Å². The van der Waals surface area contributed by atoms with E-state index in [1.54, 1.807) is 0 Å². The molecule has 0 radical (unpaired) electrons. The van der Waals surface area contributed by atoms with Crippen LogP contribution in [0.4, 0.5) is 0 Å². The van der Waals surface area contributed by atoms with Gasteiger partial charge in [-0.2, -0.15) is 0 Å². The first-order chi connectivity index (χ1) is 10.1. The fourth-order valence-electron chi connectivity index (χ4n) is 4.41. The maximum Gasteiger partial charge on any atom is 0.0355 e. The Morgan fingerprint density at radius 2 is 1.76 bits per heavy atom. The third-order valence-electron chi connectivity index (χ3n) is 5.81. The summed E-state index contributed by atoms with van der Waals surface area (Å²) >= 11 is 0. The minimum Gasteiger partial charge on any atom is -0.326 e. The van der Waals surface area contributed by atoms with E-state index in [-0.39, 0.29) is 11.6 Å². The first kappa shape index (κ1) is 16.5. The van der Waals surface area contributed by atoms with Crippen molar-refractivity contribution in [1.82, 2.24) is 4.90 Å². The van der Waals surface area contributed by atoms with Gasteiger partial charge in [-0.05, 0) is 55.8 Å². The molecule has 0 saturated heterocycles. The maximum absolute atomic E-state index is 6.75. The molecule has 2 N–H and O–H groups in total. The van der Waals surface area contributed by atoms with Gasteiger partial charge in [0.25, 0.3) is 0 Å². The van der Waals surface area contributed by atoms with Gasteiger partial charge in [-0.1, -0.05) is 52.0 Å². The smallest absolute Gasteiger partial charge is 0.0355 e. The van der Waals surface area contributed by atoms with Gasteiger partial charge >= 0.3 is 0 Å². The molecular weight excluding hydrogens is 256 g/mol. The molecule has 2 heteroatoms. The standard InChI is InChI=1S/C19H32N2/c1-5-19(6-2,21(7-3)8-4)18(20)14-16-13-15-11-9-10-12-17(15)16/h9-12,16,18H,5-8,13-14,20H2,1-4H3. The van der Waals surface area contributed by atoms with E-state index in [9.17, 15) is 0 Å². The van der Waals surface area contributed by atoms with Crippen molar-refractivity contribution in [2.45, 2.75) is 70.9 Å². The van der Waals surface area contributed by atoms with Gasteiger partial charge in [-0.25, -0.2) is 0 Å². The van der Waals surface area contributed by atoms with Crippen LogP contribution in [0.3, 0.4) is 0 Å². The average molecular weight is 288 g/mol. The van der Waals surface area contributed by atoms with Crippen LogP contribution in [0.2, 0.25) is 0 Å². The average Bonchev–Trinajstić information content (AvgIpc) is 2.50. The summed E-state index contributed by atoms with van der Waals surface area (Å²) in [6.45, 7) is 11.3. The summed E-state index contributed by atoms with van der Waals surface area (Å²) in [5.74, 6) is 0.671. The summed E-state index contributed by atoms with van der Waals surface area (Å²) < 4.78 is 0. The molecule has 0 amide bonds. The molecule has 0 saturated carbocycles. The number of hydrogen-bond acceptors (Lipinski definition) is 2. The summed E-state index contributed by atoms with van der Waals surface area (Å²) in [6, 6.07) is 9.11. The molecule has 118 valence electrons. The summed E-state index contributed by atoms with van der Waals surface area (Å²) in [4.78, 5) is 2.59. The first-order valence-corrected chi connectivity index (χ1v) is 8.71. The van der Waals surface area contributed by atoms with Crippen molar-refractivity contribution in [3.05, 3.63) is 35.4 Å². The van der Waals surface area contributed by atoms with Gasteiger partial charge < -0.3 is 5.73 Å². The summed E-state index contributed by atoms with van der Waals surface area (Å²) in [5.41, 5.74) is 9.97. The van der Waals surface area contributed by atoms with Crippen LogP contribution in [-0.2, 0) is 6.42 Å². The van der Waals surface area contributed by atoms with Gasteiger partial charge in [0, 0.05) is 11.6 Å². The molecule has 0 bridgehead atoms. The Morgan fingerprint density at radius 3 is 2.29 bits per heavy atom. The third kappa shape index (κ3) is 2.89. The summed E-state index contributed by atoms with van der Waals surface area (Å²) in [7, 11) is 0. The van der Waals surface area contributed by atoms with Gasteiger partial charge in [-0.3, -0.25) is 4.90 Å².